The van der Waals surface area contributed by atoms with Gasteiger partial charge >= 0.3 is 0 Å². The molecular formula is C21H22N2O2S. The Balaban J connectivity index is 1.61. The van der Waals surface area contributed by atoms with Crippen molar-refractivity contribution in [2.75, 3.05) is 12.4 Å². The Hall–Kier alpha value is -2.66. The quantitative estimate of drug-likeness (QED) is 0.643. The monoisotopic (exact) mass is 366 g/mol. The summed E-state index contributed by atoms with van der Waals surface area (Å²) in [6.07, 6.45) is 2.54. The molecule has 0 radical (unpaired) electrons. The first-order chi connectivity index (χ1) is 12.7. The summed E-state index contributed by atoms with van der Waals surface area (Å²) in [5.41, 5.74) is 4.22. The first-order valence-electron chi connectivity index (χ1n) is 8.65. The van der Waals surface area contributed by atoms with E-state index in [0.29, 0.717) is 11.6 Å². The summed E-state index contributed by atoms with van der Waals surface area (Å²) >= 11 is 1.44. The topological polar surface area (TPSA) is 51.2 Å². The molecule has 0 bridgehead atoms. The Morgan fingerprint density at radius 3 is 2.42 bits per heavy atom. The fraction of sp³-hybridized carbons (Fsp3) is 0.238. The zero-order valence-electron chi connectivity index (χ0n) is 15.0. The molecule has 0 aliphatic rings. The Kier molecular flexibility index (Phi) is 6.02. The summed E-state index contributed by atoms with van der Waals surface area (Å²) < 4.78 is 5.13. The summed E-state index contributed by atoms with van der Waals surface area (Å²) in [4.78, 5) is 16.8. The number of methoxy groups -OCH3 is 1. The highest BCUT2D eigenvalue weighted by Crippen LogP contribution is 2.25. The Labute approximate surface area is 157 Å². The van der Waals surface area contributed by atoms with Crippen molar-refractivity contribution in [1.82, 2.24) is 4.98 Å². The van der Waals surface area contributed by atoms with E-state index >= 15 is 0 Å². The van der Waals surface area contributed by atoms with E-state index in [1.165, 1.54) is 16.9 Å². The van der Waals surface area contributed by atoms with E-state index in [4.69, 9.17) is 4.74 Å². The summed E-state index contributed by atoms with van der Waals surface area (Å²) in [7, 11) is 1.62. The molecule has 1 aromatic heterocycles. The van der Waals surface area contributed by atoms with Gasteiger partial charge in [-0.25, -0.2) is 4.98 Å². The van der Waals surface area contributed by atoms with E-state index in [9.17, 15) is 4.79 Å². The van der Waals surface area contributed by atoms with Crippen molar-refractivity contribution in [3.8, 4) is 17.0 Å². The molecule has 0 spiro atoms. The molecule has 3 aromatic rings. The van der Waals surface area contributed by atoms with Crippen LogP contribution in [0.2, 0.25) is 0 Å². The summed E-state index contributed by atoms with van der Waals surface area (Å²) in [5.74, 6) is 0.707. The number of anilines is 1. The number of carbonyl (C=O) groups excluding carboxylic acids is 1. The van der Waals surface area contributed by atoms with Crippen molar-refractivity contribution < 1.29 is 9.53 Å². The van der Waals surface area contributed by atoms with Gasteiger partial charge in [0.15, 0.2) is 5.13 Å². The van der Waals surface area contributed by atoms with Gasteiger partial charge in [0.2, 0.25) is 5.91 Å². The van der Waals surface area contributed by atoms with Crippen LogP contribution < -0.4 is 10.1 Å². The summed E-state index contributed by atoms with van der Waals surface area (Å²) in [5, 5.41) is 5.47. The molecule has 0 saturated heterocycles. The molecule has 1 heterocycles. The van der Waals surface area contributed by atoms with Crippen molar-refractivity contribution >= 4 is 22.4 Å². The van der Waals surface area contributed by atoms with Gasteiger partial charge in [-0.15, -0.1) is 11.3 Å². The second-order valence-corrected chi connectivity index (χ2v) is 6.92. The maximum Gasteiger partial charge on any atom is 0.230 e. The lowest BCUT2D eigenvalue weighted by atomic mass is 10.1. The average molecular weight is 366 g/mol. The molecule has 0 unspecified atom stereocenters. The maximum absolute atomic E-state index is 12.2. The standard InChI is InChI=1S/C21H22N2O2S/c1-3-4-15-5-9-17(10-6-15)19-14-26-21(22-19)23-20(24)13-16-7-11-18(25-2)12-8-16/h5-12,14H,3-4,13H2,1-2H3,(H,22,23,24). The number of ether oxygens (including phenoxy) is 1. The van der Waals surface area contributed by atoms with E-state index in [-0.39, 0.29) is 5.91 Å². The van der Waals surface area contributed by atoms with Crippen LogP contribution in [0.3, 0.4) is 0 Å². The smallest absolute Gasteiger partial charge is 0.230 e. The van der Waals surface area contributed by atoms with Crippen LogP contribution in [-0.2, 0) is 17.6 Å². The number of amides is 1. The van der Waals surface area contributed by atoms with Crippen LogP contribution in [0.4, 0.5) is 5.13 Å². The van der Waals surface area contributed by atoms with Crippen LogP contribution in [0.25, 0.3) is 11.3 Å². The Morgan fingerprint density at radius 1 is 1.08 bits per heavy atom. The van der Waals surface area contributed by atoms with Crippen molar-refractivity contribution in [3.63, 3.8) is 0 Å². The molecule has 1 amide bonds. The first-order valence-corrected chi connectivity index (χ1v) is 9.53. The number of thiazole rings is 1. The molecule has 0 atom stereocenters. The van der Waals surface area contributed by atoms with Crippen LogP contribution in [-0.4, -0.2) is 18.0 Å². The Bertz CT molecular complexity index is 854. The molecule has 26 heavy (non-hydrogen) atoms. The number of benzene rings is 2. The normalized spacial score (nSPS) is 10.5. The van der Waals surface area contributed by atoms with Gasteiger partial charge in [0, 0.05) is 10.9 Å². The molecule has 0 aliphatic carbocycles. The lowest BCUT2D eigenvalue weighted by Gasteiger charge is -2.04. The van der Waals surface area contributed by atoms with Gasteiger partial charge in [-0.2, -0.15) is 0 Å². The molecular weight excluding hydrogens is 344 g/mol. The number of aryl methyl sites for hydroxylation is 1. The highest BCUT2D eigenvalue weighted by atomic mass is 32.1. The summed E-state index contributed by atoms with van der Waals surface area (Å²) in [6.45, 7) is 2.18. The fourth-order valence-corrected chi connectivity index (χ4v) is 3.42. The van der Waals surface area contributed by atoms with E-state index in [2.05, 4.69) is 41.5 Å². The van der Waals surface area contributed by atoms with Gasteiger partial charge in [-0.1, -0.05) is 49.7 Å². The number of nitrogens with zero attached hydrogens (tertiary/aromatic N) is 1. The van der Waals surface area contributed by atoms with Crippen LogP contribution >= 0.6 is 11.3 Å². The van der Waals surface area contributed by atoms with E-state index in [1.54, 1.807) is 7.11 Å². The molecule has 134 valence electrons. The number of carbonyl (C=O) groups is 1. The van der Waals surface area contributed by atoms with Gasteiger partial charge in [-0.3, -0.25) is 4.79 Å². The third kappa shape index (κ3) is 4.70. The number of nitrogens with one attached hydrogen (secondary N) is 1. The predicted molar refractivity (Wildman–Crippen MR) is 107 cm³/mol. The van der Waals surface area contributed by atoms with Crippen molar-refractivity contribution in [2.24, 2.45) is 0 Å². The molecule has 0 saturated carbocycles. The first kappa shape index (κ1) is 18.1. The van der Waals surface area contributed by atoms with E-state index in [1.807, 2.05) is 29.6 Å². The minimum absolute atomic E-state index is 0.0747. The molecule has 2 aromatic carbocycles. The molecule has 0 fully saturated rings. The molecule has 1 N–H and O–H groups in total. The lowest BCUT2D eigenvalue weighted by Crippen LogP contribution is -2.14. The fourth-order valence-electron chi connectivity index (χ4n) is 2.69. The van der Waals surface area contributed by atoms with Crippen molar-refractivity contribution in [2.45, 2.75) is 26.2 Å². The number of aromatic nitrogens is 1. The lowest BCUT2D eigenvalue weighted by molar-refractivity contribution is -0.115. The van der Waals surface area contributed by atoms with Gasteiger partial charge in [0.25, 0.3) is 0 Å². The molecule has 4 nitrogen and oxygen atoms in total. The van der Waals surface area contributed by atoms with Gasteiger partial charge in [-0.05, 0) is 29.7 Å². The largest absolute Gasteiger partial charge is 0.497 e. The third-order valence-corrected chi connectivity index (χ3v) is 4.82. The summed E-state index contributed by atoms with van der Waals surface area (Å²) in [6, 6.07) is 15.9. The van der Waals surface area contributed by atoms with E-state index < -0.39 is 0 Å². The van der Waals surface area contributed by atoms with Crippen LogP contribution in [0, 0.1) is 0 Å². The average Bonchev–Trinajstić information content (AvgIpc) is 3.11. The second kappa shape index (κ2) is 8.63. The van der Waals surface area contributed by atoms with Crippen LogP contribution in [0.15, 0.2) is 53.9 Å². The molecule has 5 heteroatoms. The SMILES string of the molecule is CCCc1ccc(-c2csc(NC(=O)Cc3ccc(OC)cc3)n2)cc1. The van der Waals surface area contributed by atoms with Gasteiger partial charge < -0.3 is 10.1 Å². The highest BCUT2D eigenvalue weighted by Gasteiger charge is 2.09. The van der Waals surface area contributed by atoms with E-state index in [0.717, 1.165) is 35.4 Å². The minimum Gasteiger partial charge on any atom is -0.497 e. The van der Waals surface area contributed by atoms with Gasteiger partial charge in [0.05, 0.1) is 19.2 Å². The van der Waals surface area contributed by atoms with Crippen molar-refractivity contribution in [1.29, 1.82) is 0 Å². The third-order valence-electron chi connectivity index (χ3n) is 4.06. The maximum atomic E-state index is 12.2. The number of hydrogen-bond acceptors (Lipinski definition) is 4. The van der Waals surface area contributed by atoms with Crippen LogP contribution in [0.5, 0.6) is 5.75 Å². The molecule has 0 aliphatic heterocycles. The second-order valence-electron chi connectivity index (χ2n) is 6.06. The number of hydrogen-bond donors (Lipinski definition) is 1. The van der Waals surface area contributed by atoms with Crippen molar-refractivity contribution in [3.05, 3.63) is 65.0 Å². The predicted octanol–water partition coefficient (Wildman–Crippen LogP) is 4.95. The number of rotatable bonds is 7. The minimum atomic E-state index is -0.0747. The highest BCUT2D eigenvalue weighted by molar-refractivity contribution is 7.14. The Morgan fingerprint density at radius 2 is 1.77 bits per heavy atom. The zero-order chi connectivity index (χ0) is 18.4. The zero-order valence-corrected chi connectivity index (χ0v) is 15.8. The molecule has 3 rings (SSSR count). The van der Waals surface area contributed by atoms with Crippen LogP contribution in [0.1, 0.15) is 24.5 Å². The van der Waals surface area contributed by atoms with Gasteiger partial charge in [0.1, 0.15) is 5.75 Å².